The highest BCUT2D eigenvalue weighted by atomic mass is 32.1. The molecule has 0 radical (unpaired) electrons. The molecule has 0 unspecified atom stereocenters. The third kappa shape index (κ3) is 5.24. The molecule has 13 heteroatoms. The highest BCUT2D eigenvalue weighted by Crippen LogP contribution is 2.34. The van der Waals surface area contributed by atoms with Gasteiger partial charge in [-0.25, -0.2) is 15.0 Å². The first-order valence-corrected chi connectivity index (χ1v) is 10.4. The van der Waals surface area contributed by atoms with Gasteiger partial charge in [0.2, 0.25) is 11.8 Å². The maximum absolute atomic E-state index is 12.7. The fourth-order valence-electron chi connectivity index (χ4n) is 3.23. The summed E-state index contributed by atoms with van der Waals surface area (Å²) in [6.45, 7) is 0.342. The molecule has 6 nitrogen and oxygen atoms in total. The third-order valence-electron chi connectivity index (χ3n) is 4.84. The Morgan fingerprint density at radius 3 is 2.42 bits per heavy atom. The lowest BCUT2D eigenvalue weighted by Crippen LogP contribution is -2.37. The van der Waals surface area contributed by atoms with Crippen molar-refractivity contribution in [3.8, 4) is 11.6 Å². The molecule has 174 valence electrons. The monoisotopic (exact) mass is 488 g/mol. The zero-order valence-corrected chi connectivity index (χ0v) is 17.4. The van der Waals surface area contributed by atoms with E-state index in [-0.39, 0.29) is 36.8 Å². The van der Waals surface area contributed by atoms with Crippen LogP contribution in [-0.4, -0.2) is 32.3 Å². The minimum absolute atomic E-state index is 0.0390. The van der Waals surface area contributed by atoms with Crippen LogP contribution in [0.1, 0.15) is 27.5 Å². The zero-order valence-electron chi connectivity index (χ0n) is 16.6. The van der Waals surface area contributed by atoms with Gasteiger partial charge in [-0.3, -0.25) is 4.79 Å². The summed E-state index contributed by atoms with van der Waals surface area (Å²) in [6.07, 6.45) is -7.78. The molecule has 0 saturated heterocycles. The highest BCUT2D eigenvalue weighted by molar-refractivity contribution is 7.09. The van der Waals surface area contributed by atoms with Crippen molar-refractivity contribution in [1.82, 2.24) is 19.9 Å². The maximum atomic E-state index is 12.7. The molecule has 3 aromatic rings. The molecule has 0 aliphatic carbocycles. The van der Waals surface area contributed by atoms with Crippen LogP contribution in [0.3, 0.4) is 0 Å². The van der Waals surface area contributed by atoms with Gasteiger partial charge in [-0.15, -0.1) is 11.3 Å². The Balaban J connectivity index is 1.44. The Kier molecular flexibility index (Phi) is 5.99. The van der Waals surface area contributed by atoms with Crippen LogP contribution in [0, 0.1) is 0 Å². The number of fused-ring (bicyclic) bond motifs is 1. The number of rotatable bonds is 4. The van der Waals surface area contributed by atoms with Gasteiger partial charge in [-0.1, -0.05) is 0 Å². The van der Waals surface area contributed by atoms with Crippen LogP contribution in [0.15, 0.2) is 36.0 Å². The van der Waals surface area contributed by atoms with Crippen LogP contribution in [-0.2, 0) is 36.5 Å². The van der Waals surface area contributed by atoms with Gasteiger partial charge in [-0.2, -0.15) is 26.3 Å². The molecular weight excluding hydrogens is 474 g/mol. The second-order valence-corrected chi connectivity index (χ2v) is 7.97. The van der Waals surface area contributed by atoms with E-state index in [0.29, 0.717) is 29.0 Å². The normalized spacial score (nSPS) is 14.2. The summed E-state index contributed by atoms with van der Waals surface area (Å²) < 4.78 is 81.9. The molecule has 0 atom stereocenters. The first kappa shape index (κ1) is 23.0. The topological polar surface area (TPSA) is 68.2 Å². The quantitative estimate of drug-likeness (QED) is 0.490. The molecule has 1 amide bonds. The predicted octanol–water partition coefficient (Wildman–Crippen LogP) is 4.89. The lowest BCUT2D eigenvalue weighted by Gasteiger charge is -2.28. The number of halogens is 6. The van der Waals surface area contributed by atoms with Crippen LogP contribution in [0.25, 0.3) is 0 Å². The van der Waals surface area contributed by atoms with Gasteiger partial charge in [0.1, 0.15) is 12.1 Å². The first-order valence-electron chi connectivity index (χ1n) is 9.48. The SMILES string of the molecule is O=C(Cc1csc(C(F)(F)F)n1)N1CCc2c(ncnc2Oc2ccc(C(F)(F)F)cc2)C1. The molecule has 1 aliphatic rings. The molecule has 0 spiro atoms. The number of ether oxygens (including phenoxy) is 1. The van der Waals surface area contributed by atoms with Gasteiger partial charge in [0.25, 0.3) is 0 Å². The number of thiazole rings is 1. The van der Waals surface area contributed by atoms with Crippen molar-refractivity contribution in [2.75, 3.05) is 6.54 Å². The number of benzene rings is 1. The minimum atomic E-state index is -4.56. The van der Waals surface area contributed by atoms with E-state index < -0.39 is 28.8 Å². The van der Waals surface area contributed by atoms with Crippen molar-refractivity contribution in [2.24, 2.45) is 0 Å². The van der Waals surface area contributed by atoms with Crippen molar-refractivity contribution < 1.29 is 35.9 Å². The zero-order chi connectivity index (χ0) is 23.8. The fourth-order valence-corrected chi connectivity index (χ4v) is 3.92. The predicted molar refractivity (Wildman–Crippen MR) is 103 cm³/mol. The van der Waals surface area contributed by atoms with Crippen LogP contribution < -0.4 is 4.74 Å². The number of alkyl halides is 6. The van der Waals surface area contributed by atoms with Gasteiger partial charge in [0.15, 0.2) is 5.01 Å². The number of hydrogen-bond donors (Lipinski definition) is 0. The first-order chi connectivity index (χ1) is 15.5. The van der Waals surface area contributed by atoms with Gasteiger partial charge < -0.3 is 9.64 Å². The molecule has 0 fully saturated rings. The lowest BCUT2D eigenvalue weighted by atomic mass is 10.1. The Morgan fingerprint density at radius 2 is 1.79 bits per heavy atom. The number of aromatic nitrogens is 3. The molecular formula is C20H14F6N4O2S. The molecule has 33 heavy (non-hydrogen) atoms. The van der Waals surface area contributed by atoms with Crippen molar-refractivity contribution in [1.29, 1.82) is 0 Å². The van der Waals surface area contributed by atoms with Crippen LogP contribution >= 0.6 is 11.3 Å². The molecule has 4 rings (SSSR count). The Labute approximate surface area is 186 Å². The summed E-state index contributed by atoms with van der Waals surface area (Å²) in [4.78, 5) is 25.7. The number of nitrogens with zero attached hydrogens (tertiary/aromatic N) is 4. The van der Waals surface area contributed by atoms with E-state index >= 15 is 0 Å². The summed E-state index contributed by atoms with van der Waals surface area (Å²) in [5.41, 5.74) is 0.323. The van der Waals surface area contributed by atoms with Crippen LogP contribution in [0.2, 0.25) is 0 Å². The molecule has 0 saturated carbocycles. The van der Waals surface area contributed by atoms with Gasteiger partial charge >= 0.3 is 12.4 Å². The Bertz CT molecular complexity index is 1160. The van der Waals surface area contributed by atoms with E-state index in [9.17, 15) is 31.1 Å². The third-order valence-corrected chi connectivity index (χ3v) is 5.78. The van der Waals surface area contributed by atoms with Crippen molar-refractivity contribution in [3.63, 3.8) is 0 Å². The van der Waals surface area contributed by atoms with Crippen molar-refractivity contribution in [3.05, 3.63) is 63.5 Å². The van der Waals surface area contributed by atoms with E-state index in [0.717, 1.165) is 12.1 Å². The standard InChI is InChI=1S/C20H14F6N4O2S/c21-19(22,23)11-1-3-13(4-2-11)32-17-14-5-6-30(8-15(14)27-10-28-17)16(31)7-12-9-33-18(29-12)20(24,25)26/h1-4,9-10H,5-8H2. The Hall–Kier alpha value is -3.22. The highest BCUT2D eigenvalue weighted by Gasteiger charge is 2.35. The minimum Gasteiger partial charge on any atom is -0.439 e. The van der Waals surface area contributed by atoms with E-state index in [4.69, 9.17) is 4.74 Å². The van der Waals surface area contributed by atoms with Gasteiger partial charge in [0, 0.05) is 17.5 Å². The second-order valence-electron chi connectivity index (χ2n) is 7.11. The number of amides is 1. The summed E-state index contributed by atoms with van der Waals surface area (Å²) in [5.74, 6) is -0.0731. The van der Waals surface area contributed by atoms with Crippen LogP contribution in [0.5, 0.6) is 11.6 Å². The maximum Gasteiger partial charge on any atom is 0.443 e. The average Bonchev–Trinajstić information content (AvgIpc) is 3.22. The molecule has 0 N–H and O–H groups in total. The van der Waals surface area contributed by atoms with Crippen molar-refractivity contribution in [2.45, 2.75) is 31.7 Å². The average molecular weight is 488 g/mol. The van der Waals surface area contributed by atoms with Gasteiger partial charge in [0.05, 0.1) is 29.9 Å². The van der Waals surface area contributed by atoms with Crippen molar-refractivity contribution >= 4 is 17.2 Å². The molecule has 1 aromatic carbocycles. The smallest absolute Gasteiger partial charge is 0.439 e. The number of carbonyl (C=O) groups is 1. The lowest BCUT2D eigenvalue weighted by molar-refractivity contribution is -0.138. The van der Waals surface area contributed by atoms with Gasteiger partial charge in [-0.05, 0) is 30.7 Å². The van der Waals surface area contributed by atoms with Crippen LogP contribution in [0.4, 0.5) is 26.3 Å². The summed E-state index contributed by atoms with van der Waals surface area (Å²) >= 11 is 0.432. The number of hydrogen-bond acceptors (Lipinski definition) is 6. The summed E-state index contributed by atoms with van der Waals surface area (Å²) in [5, 5.41) is 0.198. The molecule has 2 aromatic heterocycles. The Morgan fingerprint density at radius 1 is 1.06 bits per heavy atom. The number of carbonyl (C=O) groups excluding carboxylic acids is 1. The van der Waals surface area contributed by atoms with E-state index in [2.05, 4.69) is 15.0 Å². The summed E-state index contributed by atoms with van der Waals surface area (Å²) in [6, 6.07) is 4.15. The second kappa shape index (κ2) is 8.61. The fraction of sp³-hybridized carbons (Fsp3) is 0.300. The van der Waals surface area contributed by atoms with E-state index in [1.54, 1.807) is 0 Å². The summed E-state index contributed by atoms with van der Waals surface area (Å²) in [7, 11) is 0. The van der Waals surface area contributed by atoms with E-state index in [1.165, 1.54) is 28.7 Å². The molecule has 3 heterocycles. The van der Waals surface area contributed by atoms with E-state index in [1.807, 2.05) is 0 Å². The molecule has 1 aliphatic heterocycles. The largest absolute Gasteiger partial charge is 0.443 e. The molecule has 0 bridgehead atoms.